The van der Waals surface area contributed by atoms with Gasteiger partial charge in [-0.15, -0.1) is 0 Å². The van der Waals surface area contributed by atoms with Gasteiger partial charge in [-0.3, -0.25) is 4.79 Å². The smallest absolute Gasteiger partial charge is 0.274 e. The Bertz CT molecular complexity index is 1000. The summed E-state index contributed by atoms with van der Waals surface area (Å²) < 4.78 is 10.6. The molecule has 7 nitrogen and oxygen atoms in total. The lowest BCUT2D eigenvalue weighted by Crippen LogP contribution is -2.14. The van der Waals surface area contributed by atoms with Crippen LogP contribution in [-0.2, 0) is 0 Å². The number of anilines is 3. The van der Waals surface area contributed by atoms with Crippen molar-refractivity contribution in [2.45, 2.75) is 13.8 Å². The number of aromatic nitrogens is 2. The fraction of sp³-hybridized carbons (Fsp3) is 0.150. The van der Waals surface area contributed by atoms with Crippen molar-refractivity contribution >= 4 is 23.1 Å². The Morgan fingerprint density at radius 1 is 0.926 bits per heavy atom. The molecule has 0 unspecified atom stereocenters. The van der Waals surface area contributed by atoms with Crippen molar-refractivity contribution in [2.24, 2.45) is 0 Å². The van der Waals surface area contributed by atoms with Gasteiger partial charge in [0.05, 0.1) is 0 Å². The van der Waals surface area contributed by atoms with E-state index in [1.54, 1.807) is 24.3 Å². The van der Waals surface area contributed by atoms with Gasteiger partial charge in [0.2, 0.25) is 6.79 Å². The van der Waals surface area contributed by atoms with Gasteiger partial charge in [0, 0.05) is 23.5 Å². The molecule has 0 saturated carbocycles. The van der Waals surface area contributed by atoms with Crippen molar-refractivity contribution < 1.29 is 14.3 Å². The molecule has 27 heavy (non-hydrogen) atoms. The monoisotopic (exact) mass is 362 g/mol. The fourth-order valence-corrected chi connectivity index (χ4v) is 2.91. The highest BCUT2D eigenvalue weighted by Gasteiger charge is 2.15. The minimum Gasteiger partial charge on any atom is -0.454 e. The highest BCUT2D eigenvalue weighted by atomic mass is 16.7. The van der Waals surface area contributed by atoms with Crippen LogP contribution < -0.4 is 20.1 Å². The van der Waals surface area contributed by atoms with E-state index in [0.29, 0.717) is 23.0 Å². The van der Waals surface area contributed by atoms with E-state index in [1.807, 2.05) is 26.0 Å². The summed E-state index contributed by atoms with van der Waals surface area (Å²) in [7, 11) is 0. The Kier molecular flexibility index (Phi) is 4.33. The van der Waals surface area contributed by atoms with E-state index in [9.17, 15) is 4.79 Å². The number of aryl methyl sites for hydroxylation is 2. The molecule has 2 aromatic carbocycles. The van der Waals surface area contributed by atoms with E-state index >= 15 is 0 Å². The molecule has 3 aromatic rings. The zero-order valence-corrected chi connectivity index (χ0v) is 14.9. The molecule has 1 amide bonds. The van der Waals surface area contributed by atoms with Crippen LogP contribution in [0.15, 0.2) is 48.8 Å². The number of nitrogens with zero attached hydrogens (tertiary/aromatic N) is 2. The first-order valence-corrected chi connectivity index (χ1v) is 8.45. The van der Waals surface area contributed by atoms with E-state index in [-0.39, 0.29) is 18.4 Å². The van der Waals surface area contributed by atoms with Crippen molar-refractivity contribution in [1.29, 1.82) is 0 Å². The van der Waals surface area contributed by atoms with Gasteiger partial charge < -0.3 is 20.1 Å². The first-order chi connectivity index (χ1) is 13.1. The highest BCUT2D eigenvalue weighted by molar-refractivity contribution is 6.03. The molecule has 1 aliphatic rings. The van der Waals surface area contributed by atoms with Gasteiger partial charge in [0.25, 0.3) is 5.91 Å². The predicted octanol–water partition coefficient (Wildman–Crippen LogP) is 3.82. The van der Waals surface area contributed by atoms with Crippen molar-refractivity contribution in [1.82, 2.24) is 9.97 Å². The zero-order chi connectivity index (χ0) is 18.8. The Balaban J connectivity index is 1.50. The van der Waals surface area contributed by atoms with E-state index in [4.69, 9.17) is 9.47 Å². The second kappa shape index (κ2) is 6.95. The normalized spacial score (nSPS) is 11.9. The number of ether oxygens (including phenoxy) is 2. The van der Waals surface area contributed by atoms with Crippen molar-refractivity contribution in [2.75, 3.05) is 17.4 Å². The SMILES string of the molecule is Cc1cc(C)cc(Nc2cc(C(=O)Nc3ccc4c(c3)OCO4)ncn2)c1. The van der Waals surface area contributed by atoms with Crippen molar-refractivity contribution in [3.8, 4) is 11.5 Å². The number of amides is 1. The summed E-state index contributed by atoms with van der Waals surface area (Å²) in [4.78, 5) is 20.8. The molecule has 2 heterocycles. The number of hydrogen-bond donors (Lipinski definition) is 2. The standard InChI is InChI=1S/C20H18N4O3/c1-12-5-13(2)7-15(6-12)23-19-9-16(21-10-22-19)20(25)24-14-3-4-17-18(8-14)27-11-26-17/h3-10H,11H2,1-2H3,(H,24,25)(H,21,22,23). The second-order valence-corrected chi connectivity index (χ2v) is 6.31. The van der Waals surface area contributed by atoms with Crippen LogP contribution in [0.2, 0.25) is 0 Å². The van der Waals surface area contributed by atoms with Gasteiger partial charge >= 0.3 is 0 Å². The molecule has 2 N–H and O–H groups in total. The molecule has 0 spiro atoms. The lowest BCUT2D eigenvalue weighted by Gasteiger charge is -2.09. The third-order valence-corrected chi connectivity index (χ3v) is 4.02. The summed E-state index contributed by atoms with van der Waals surface area (Å²) in [6.07, 6.45) is 1.36. The van der Waals surface area contributed by atoms with Gasteiger partial charge in [-0.05, 0) is 49.2 Å². The Morgan fingerprint density at radius 3 is 2.52 bits per heavy atom. The predicted molar refractivity (Wildman–Crippen MR) is 102 cm³/mol. The number of carbonyl (C=O) groups is 1. The topological polar surface area (TPSA) is 85.4 Å². The molecular formula is C20H18N4O3. The summed E-state index contributed by atoms with van der Waals surface area (Å²) in [6, 6.07) is 13.0. The third kappa shape index (κ3) is 3.82. The van der Waals surface area contributed by atoms with Crippen molar-refractivity contribution in [3.63, 3.8) is 0 Å². The average Bonchev–Trinajstić information content (AvgIpc) is 3.09. The first kappa shape index (κ1) is 16.8. The van der Waals surface area contributed by atoms with Crippen LogP contribution in [-0.4, -0.2) is 22.7 Å². The van der Waals surface area contributed by atoms with Crippen LogP contribution in [0.25, 0.3) is 0 Å². The number of hydrogen-bond acceptors (Lipinski definition) is 6. The molecule has 7 heteroatoms. The van der Waals surface area contributed by atoms with Crippen molar-refractivity contribution in [3.05, 3.63) is 65.6 Å². The Hall–Kier alpha value is -3.61. The van der Waals surface area contributed by atoms with Crippen LogP contribution in [0, 0.1) is 13.8 Å². The van der Waals surface area contributed by atoms with E-state index in [2.05, 4.69) is 26.7 Å². The van der Waals surface area contributed by atoms with Crippen LogP contribution in [0.3, 0.4) is 0 Å². The molecule has 0 bridgehead atoms. The van der Waals surface area contributed by atoms with E-state index < -0.39 is 0 Å². The second-order valence-electron chi connectivity index (χ2n) is 6.31. The lowest BCUT2D eigenvalue weighted by molar-refractivity contribution is 0.102. The molecular weight excluding hydrogens is 344 g/mol. The molecule has 136 valence electrons. The van der Waals surface area contributed by atoms with E-state index in [0.717, 1.165) is 16.8 Å². The molecule has 0 aliphatic carbocycles. The zero-order valence-electron chi connectivity index (χ0n) is 14.9. The number of fused-ring (bicyclic) bond motifs is 1. The maximum Gasteiger partial charge on any atom is 0.274 e. The average molecular weight is 362 g/mol. The van der Waals surface area contributed by atoms with Gasteiger partial charge in [-0.25, -0.2) is 9.97 Å². The summed E-state index contributed by atoms with van der Waals surface area (Å²) in [6.45, 7) is 4.25. The molecule has 0 radical (unpaired) electrons. The van der Waals surface area contributed by atoms with Crippen LogP contribution in [0.5, 0.6) is 11.5 Å². The largest absolute Gasteiger partial charge is 0.454 e. The molecule has 1 aromatic heterocycles. The maximum atomic E-state index is 12.5. The molecule has 1 aliphatic heterocycles. The first-order valence-electron chi connectivity index (χ1n) is 8.45. The lowest BCUT2D eigenvalue weighted by atomic mass is 10.1. The molecule has 0 fully saturated rings. The number of rotatable bonds is 4. The number of carbonyl (C=O) groups excluding carboxylic acids is 1. The molecule has 4 rings (SSSR count). The quantitative estimate of drug-likeness (QED) is 0.734. The number of benzene rings is 2. The summed E-state index contributed by atoms with van der Waals surface area (Å²) >= 11 is 0. The van der Waals surface area contributed by atoms with Crippen LogP contribution in [0.1, 0.15) is 21.6 Å². The molecule has 0 atom stereocenters. The summed E-state index contributed by atoms with van der Waals surface area (Å²) in [5.74, 6) is 1.48. The van der Waals surface area contributed by atoms with Gasteiger partial charge in [0.15, 0.2) is 11.5 Å². The Labute approximate surface area is 156 Å². The fourth-order valence-electron chi connectivity index (χ4n) is 2.91. The van der Waals surface area contributed by atoms with Crippen LogP contribution >= 0.6 is 0 Å². The van der Waals surface area contributed by atoms with Gasteiger partial charge in [0.1, 0.15) is 17.8 Å². The van der Waals surface area contributed by atoms with E-state index in [1.165, 1.54) is 6.33 Å². The third-order valence-electron chi connectivity index (χ3n) is 4.02. The minimum atomic E-state index is -0.334. The summed E-state index contributed by atoms with van der Waals surface area (Å²) in [5.41, 5.74) is 4.06. The minimum absolute atomic E-state index is 0.187. The number of nitrogens with one attached hydrogen (secondary N) is 2. The van der Waals surface area contributed by atoms with Crippen LogP contribution in [0.4, 0.5) is 17.2 Å². The Morgan fingerprint density at radius 2 is 1.70 bits per heavy atom. The van der Waals surface area contributed by atoms with Gasteiger partial charge in [-0.2, -0.15) is 0 Å². The highest BCUT2D eigenvalue weighted by Crippen LogP contribution is 2.34. The van der Waals surface area contributed by atoms with Gasteiger partial charge in [-0.1, -0.05) is 6.07 Å². The summed E-state index contributed by atoms with van der Waals surface area (Å²) in [5, 5.41) is 6.02. The maximum absolute atomic E-state index is 12.5. The molecule has 0 saturated heterocycles.